The lowest BCUT2D eigenvalue weighted by molar-refractivity contribution is -0.384. The molecule has 9 heteroatoms. The Labute approximate surface area is 158 Å². The quantitative estimate of drug-likeness (QED) is 0.480. The molecule has 3 rings (SSSR count). The van der Waals surface area contributed by atoms with Gasteiger partial charge in [-0.2, -0.15) is 0 Å². The summed E-state index contributed by atoms with van der Waals surface area (Å²) < 4.78 is 19.4. The molecule has 0 spiro atoms. The number of aliphatic hydroxyl groups excluding tert-OH is 1. The Hall–Kier alpha value is -3.75. The van der Waals surface area contributed by atoms with Crippen LogP contribution in [0.2, 0.25) is 0 Å². The Morgan fingerprint density at radius 1 is 1.25 bits per heavy atom. The first-order valence-corrected chi connectivity index (χ1v) is 8.29. The number of nitro groups is 1. The number of benzene rings is 2. The van der Waals surface area contributed by atoms with Gasteiger partial charge in [0, 0.05) is 23.4 Å². The number of anilines is 1. The first-order valence-electron chi connectivity index (χ1n) is 8.29. The molecule has 8 nitrogen and oxygen atoms in total. The number of rotatable bonds is 5. The molecule has 1 heterocycles. The zero-order valence-electron chi connectivity index (χ0n) is 14.7. The molecule has 0 saturated heterocycles. The molecule has 1 unspecified atom stereocenters. The molecule has 144 valence electrons. The van der Waals surface area contributed by atoms with Crippen LogP contribution in [-0.2, 0) is 14.3 Å². The van der Waals surface area contributed by atoms with Crippen LogP contribution < -0.4 is 4.90 Å². The Morgan fingerprint density at radius 2 is 1.89 bits per heavy atom. The van der Waals surface area contributed by atoms with Gasteiger partial charge in [-0.25, -0.2) is 9.18 Å². The number of esters is 1. The molecule has 0 bridgehead atoms. The number of nitrogens with zero attached hydrogens (tertiary/aromatic N) is 2. The van der Waals surface area contributed by atoms with Crippen LogP contribution in [0.15, 0.2) is 59.9 Å². The summed E-state index contributed by atoms with van der Waals surface area (Å²) in [5.41, 5.74) is -0.480. The third kappa shape index (κ3) is 3.18. The second-order valence-corrected chi connectivity index (χ2v) is 5.86. The average Bonchev–Trinajstić information content (AvgIpc) is 2.93. The highest BCUT2D eigenvalue weighted by atomic mass is 19.1. The minimum atomic E-state index is -1.28. The predicted octanol–water partition coefficient (Wildman–Crippen LogP) is 3.20. The summed E-state index contributed by atoms with van der Waals surface area (Å²) in [4.78, 5) is 36.3. The number of carbonyl (C=O) groups is 2. The van der Waals surface area contributed by atoms with Gasteiger partial charge in [0.15, 0.2) is 5.76 Å². The maximum atomic E-state index is 14.5. The molecule has 0 aromatic heterocycles. The highest BCUT2D eigenvalue weighted by molar-refractivity contribution is 6.15. The first-order chi connectivity index (χ1) is 13.4. The van der Waals surface area contributed by atoms with Gasteiger partial charge in [-0.05, 0) is 25.1 Å². The molecule has 1 aliphatic heterocycles. The molecule has 1 aliphatic rings. The first kappa shape index (κ1) is 19.0. The molecular formula is C19H15FN2O6. The van der Waals surface area contributed by atoms with Crippen LogP contribution in [0.1, 0.15) is 18.5 Å². The van der Waals surface area contributed by atoms with Crippen molar-refractivity contribution >= 4 is 23.3 Å². The number of aliphatic hydroxyl groups is 1. The van der Waals surface area contributed by atoms with Crippen molar-refractivity contribution in [1.82, 2.24) is 0 Å². The number of halogens is 1. The average molecular weight is 386 g/mol. The van der Waals surface area contributed by atoms with Gasteiger partial charge < -0.3 is 9.84 Å². The summed E-state index contributed by atoms with van der Waals surface area (Å²) in [7, 11) is 0. The highest BCUT2D eigenvalue weighted by Crippen LogP contribution is 2.42. The van der Waals surface area contributed by atoms with Gasteiger partial charge in [-0.15, -0.1) is 0 Å². The van der Waals surface area contributed by atoms with Crippen LogP contribution in [0.25, 0.3) is 0 Å². The van der Waals surface area contributed by atoms with Crippen LogP contribution in [0, 0.1) is 15.9 Å². The lowest BCUT2D eigenvalue weighted by Gasteiger charge is -2.26. The van der Waals surface area contributed by atoms with E-state index in [1.54, 1.807) is 6.92 Å². The van der Waals surface area contributed by atoms with Gasteiger partial charge in [0.25, 0.3) is 11.6 Å². The zero-order valence-corrected chi connectivity index (χ0v) is 14.7. The summed E-state index contributed by atoms with van der Waals surface area (Å²) in [6, 6.07) is 9.12. The second-order valence-electron chi connectivity index (χ2n) is 5.86. The SMILES string of the molecule is CCOC(=O)C1=C(O)C(=O)N(c2ccc([N+](=O)[O-])cc2)C1c1ccccc1F. The van der Waals surface area contributed by atoms with E-state index in [2.05, 4.69) is 0 Å². The van der Waals surface area contributed by atoms with E-state index in [1.165, 1.54) is 42.5 Å². The van der Waals surface area contributed by atoms with Crippen molar-refractivity contribution in [3.63, 3.8) is 0 Å². The highest BCUT2D eigenvalue weighted by Gasteiger charge is 2.46. The van der Waals surface area contributed by atoms with Crippen molar-refractivity contribution in [3.05, 3.63) is 81.4 Å². The fraction of sp³-hybridized carbons (Fsp3) is 0.158. The molecule has 0 fully saturated rings. The molecule has 1 amide bonds. The van der Waals surface area contributed by atoms with E-state index >= 15 is 0 Å². The van der Waals surface area contributed by atoms with Crippen LogP contribution >= 0.6 is 0 Å². The van der Waals surface area contributed by atoms with E-state index in [0.717, 1.165) is 11.0 Å². The molecule has 1 N–H and O–H groups in total. The van der Waals surface area contributed by atoms with Crippen molar-refractivity contribution in [2.24, 2.45) is 0 Å². The number of carbonyl (C=O) groups excluding carboxylic acids is 2. The van der Waals surface area contributed by atoms with Crippen molar-refractivity contribution in [2.75, 3.05) is 11.5 Å². The van der Waals surface area contributed by atoms with E-state index in [-0.39, 0.29) is 23.5 Å². The van der Waals surface area contributed by atoms with Gasteiger partial charge in [-0.3, -0.25) is 19.8 Å². The lowest BCUT2D eigenvalue weighted by Crippen LogP contribution is -2.31. The molecule has 1 atom stereocenters. The van der Waals surface area contributed by atoms with Crippen LogP contribution in [0.4, 0.5) is 15.8 Å². The van der Waals surface area contributed by atoms with E-state index in [0.29, 0.717) is 0 Å². The van der Waals surface area contributed by atoms with E-state index < -0.39 is 40.0 Å². The fourth-order valence-corrected chi connectivity index (χ4v) is 3.02. The molecule has 0 radical (unpaired) electrons. The zero-order chi connectivity index (χ0) is 20.4. The van der Waals surface area contributed by atoms with Gasteiger partial charge in [-0.1, -0.05) is 18.2 Å². The van der Waals surface area contributed by atoms with Gasteiger partial charge >= 0.3 is 5.97 Å². The van der Waals surface area contributed by atoms with Crippen LogP contribution in [0.5, 0.6) is 0 Å². The van der Waals surface area contributed by atoms with Gasteiger partial charge in [0.1, 0.15) is 17.4 Å². The molecular weight excluding hydrogens is 371 g/mol. The second kappa shape index (κ2) is 7.47. The normalized spacial score (nSPS) is 16.4. The number of non-ortho nitro benzene ring substituents is 1. The maximum Gasteiger partial charge on any atom is 0.340 e. The minimum absolute atomic E-state index is 0.00860. The number of hydrogen-bond donors (Lipinski definition) is 1. The summed E-state index contributed by atoms with van der Waals surface area (Å²) >= 11 is 0. The van der Waals surface area contributed by atoms with E-state index in [4.69, 9.17) is 4.74 Å². The Morgan fingerprint density at radius 3 is 2.46 bits per heavy atom. The number of nitro benzene ring substituents is 1. The van der Waals surface area contributed by atoms with Crippen molar-refractivity contribution in [3.8, 4) is 0 Å². The molecule has 2 aromatic carbocycles. The lowest BCUT2D eigenvalue weighted by atomic mass is 9.98. The molecule has 28 heavy (non-hydrogen) atoms. The molecule has 2 aromatic rings. The van der Waals surface area contributed by atoms with Crippen molar-refractivity contribution in [2.45, 2.75) is 13.0 Å². The monoisotopic (exact) mass is 386 g/mol. The van der Waals surface area contributed by atoms with Crippen LogP contribution in [0.3, 0.4) is 0 Å². The van der Waals surface area contributed by atoms with E-state index in [1.807, 2.05) is 0 Å². The standard InChI is InChI=1S/C19H15FN2O6/c1-2-28-19(25)15-16(13-5-3-4-6-14(13)20)21(18(24)17(15)23)11-7-9-12(10-8-11)22(26)27/h3-10,16,23H,2H2,1H3. The maximum absolute atomic E-state index is 14.5. The Kier molecular flexibility index (Phi) is 5.08. The van der Waals surface area contributed by atoms with Crippen molar-refractivity contribution in [1.29, 1.82) is 0 Å². The Balaban J connectivity index is 2.15. The number of hydrogen-bond acceptors (Lipinski definition) is 6. The summed E-state index contributed by atoms with van der Waals surface area (Å²) in [5.74, 6) is -3.44. The Bertz CT molecular complexity index is 986. The molecule has 0 saturated carbocycles. The summed E-state index contributed by atoms with van der Waals surface area (Å²) in [6.07, 6.45) is 0. The number of amides is 1. The fourth-order valence-electron chi connectivity index (χ4n) is 3.02. The molecule has 0 aliphatic carbocycles. The van der Waals surface area contributed by atoms with Crippen molar-refractivity contribution < 1.29 is 28.7 Å². The third-order valence-corrected chi connectivity index (χ3v) is 4.24. The van der Waals surface area contributed by atoms with E-state index in [9.17, 15) is 29.2 Å². The van der Waals surface area contributed by atoms with Crippen LogP contribution in [-0.4, -0.2) is 28.5 Å². The largest absolute Gasteiger partial charge is 0.503 e. The number of ether oxygens (including phenoxy) is 1. The van der Waals surface area contributed by atoms with Gasteiger partial charge in [0.2, 0.25) is 0 Å². The predicted molar refractivity (Wildman–Crippen MR) is 96.0 cm³/mol. The third-order valence-electron chi connectivity index (χ3n) is 4.24. The summed E-state index contributed by atoms with van der Waals surface area (Å²) in [6.45, 7) is 1.55. The summed E-state index contributed by atoms with van der Waals surface area (Å²) in [5, 5.41) is 21.2. The minimum Gasteiger partial charge on any atom is -0.503 e. The van der Waals surface area contributed by atoms with Gasteiger partial charge in [0.05, 0.1) is 11.5 Å². The smallest absolute Gasteiger partial charge is 0.340 e. The topological polar surface area (TPSA) is 110 Å².